The van der Waals surface area contributed by atoms with E-state index >= 15 is 0 Å². The van der Waals surface area contributed by atoms with E-state index < -0.39 is 36.4 Å². The zero-order valence-electron chi connectivity index (χ0n) is 8.96. The molecule has 0 aliphatic heterocycles. The molecule has 1 N–H and O–H groups in total. The van der Waals surface area contributed by atoms with Gasteiger partial charge in [0.15, 0.2) is 5.75 Å². The Bertz CT molecular complexity index is 421. The number of halogens is 5. The SMILES string of the molecule is COc1cc(C(F)F)c(OC(F)(F)F)c(CO)n1. The lowest BCUT2D eigenvalue weighted by Crippen LogP contribution is -2.20. The monoisotopic (exact) mass is 273 g/mol. The van der Waals surface area contributed by atoms with Crippen LogP contribution in [-0.4, -0.2) is 23.6 Å². The van der Waals surface area contributed by atoms with Crippen LogP contribution in [-0.2, 0) is 6.61 Å². The summed E-state index contributed by atoms with van der Waals surface area (Å²) in [7, 11) is 1.10. The molecule has 1 aromatic heterocycles. The number of aliphatic hydroxyl groups excluding tert-OH is 1. The average molecular weight is 273 g/mol. The Labute approximate surface area is 98.0 Å². The molecule has 18 heavy (non-hydrogen) atoms. The Morgan fingerprint density at radius 3 is 2.39 bits per heavy atom. The van der Waals surface area contributed by atoms with Crippen molar-refractivity contribution in [3.05, 3.63) is 17.3 Å². The predicted octanol–water partition coefficient (Wildman–Crippen LogP) is 2.42. The highest BCUT2D eigenvalue weighted by Gasteiger charge is 2.35. The molecule has 1 heterocycles. The molecule has 0 amide bonds. The van der Waals surface area contributed by atoms with Gasteiger partial charge in [-0.25, -0.2) is 13.8 Å². The summed E-state index contributed by atoms with van der Waals surface area (Å²) in [6, 6.07) is 0.616. The number of alkyl halides is 5. The van der Waals surface area contributed by atoms with Crippen LogP contribution in [0.25, 0.3) is 0 Å². The van der Waals surface area contributed by atoms with Gasteiger partial charge in [0.25, 0.3) is 6.43 Å². The van der Waals surface area contributed by atoms with Crippen molar-refractivity contribution in [3.63, 3.8) is 0 Å². The van der Waals surface area contributed by atoms with E-state index in [1.54, 1.807) is 0 Å². The Morgan fingerprint density at radius 2 is 2.00 bits per heavy atom. The van der Waals surface area contributed by atoms with Crippen molar-refractivity contribution >= 4 is 0 Å². The first kappa shape index (κ1) is 14.4. The molecule has 4 nitrogen and oxygen atoms in total. The van der Waals surface area contributed by atoms with Crippen LogP contribution in [0.1, 0.15) is 17.7 Å². The summed E-state index contributed by atoms with van der Waals surface area (Å²) in [6.45, 7) is -0.998. The lowest BCUT2D eigenvalue weighted by atomic mass is 10.2. The lowest BCUT2D eigenvalue weighted by Gasteiger charge is -2.16. The minimum absolute atomic E-state index is 0.344. The van der Waals surface area contributed by atoms with Crippen LogP contribution in [0, 0.1) is 0 Å². The number of hydrogen-bond donors (Lipinski definition) is 1. The van der Waals surface area contributed by atoms with Crippen molar-refractivity contribution in [2.45, 2.75) is 19.4 Å². The number of aliphatic hydroxyl groups is 1. The van der Waals surface area contributed by atoms with Crippen LogP contribution in [0.2, 0.25) is 0 Å². The number of ether oxygens (including phenoxy) is 2. The van der Waals surface area contributed by atoms with E-state index in [1.807, 2.05) is 0 Å². The summed E-state index contributed by atoms with van der Waals surface area (Å²) in [5.41, 5.74) is -1.73. The molecule has 0 spiro atoms. The lowest BCUT2D eigenvalue weighted by molar-refractivity contribution is -0.275. The third-order valence-corrected chi connectivity index (χ3v) is 1.86. The van der Waals surface area contributed by atoms with Gasteiger partial charge in [-0.3, -0.25) is 0 Å². The average Bonchev–Trinajstić information content (AvgIpc) is 2.26. The molecule has 0 unspecified atom stereocenters. The van der Waals surface area contributed by atoms with E-state index in [4.69, 9.17) is 5.11 Å². The molecular formula is C9H8F5NO3. The van der Waals surface area contributed by atoms with Crippen LogP contribution in [0.3, 0.4) is 0 Å². The first-order valence-corrected chi connectivity index (χ1v) is 4.51. The van der Waals surface area contributed by atoms with E-state index in [2.05, 4.69) is 14.5 Å². The van der Waals surface area contributed by atoms with Gasteiger partial charge in [-0.1, -0.05) is 0 Å². The molecule has 0 bridgehead atoms. The third-order valence-electron chi connectivity index (χ3n) is 1.86. The molecule has 0 radical (unpaired) electrons. The highest BCUT2D eigenvalue weighted by atomic mass is 19.4. The smallest absolute Gasteiger partial charge is 0.481 e. The van der Waals surface area contributed by atoms with Crippen molar-refractivity contribution in [3.8, 4) is 11.6 Å². The Morgan fingerprint density at radius 1 is 1.39 bits per heavy atom. The van der Waals surface area contributed by atoms with Crippen molar-refractivity contribution in [2.75, 3.05) is 7.11 Å². The molecule has 0 atom stereocenters. The predicted molar refractivity (Wildman–Crippen MR) is 48.4 cm³/mol. The van der Waals surface area contributed by atoms with Crippen molar-refractivity contribution in [1.82, 2.24) is 4.98 Å². The topological polar surface area (TPSA) is 51.6 Å². The van der Waals surface area contributed by atoms with Crippen molar-refractivity contribution in [1.29, 1.82) is 0 Å². The minimum atomic E-state index is -5.16. The fraction of sp³-hybridized carbons (Fsp3) is 0.444. The maximum Gasteiger partial charge on any atom is 0.573 e. The number of hydrogen-bond acceptors (Lipinski definition) is 4. The van der Waals surface area contributed by atoms with Crippen LogP contribution in [0.4, 0.5) is 22.0 Å². The molecule has 0 saturated carbocycles. The van der Waals surface area contributed by atoms with Crippen LogP contribution in [0.5, 0.6) is 11.6 Å². The van der Waals surface area contributed by atoms with Gasteiger partial charge < -0.3 is 14.6 Å². The standard InChI is InChI=1S/C9H8F5NO3/c1-17-6-2-4(8(10)11)7(5(3-16)15-6)18-9(12,13)14/h2,8,16H,3H2,1H3. The molecule has 1 aromatic rings. The Kier molecular flexibility index (Phi) is 4.28. The van der Waals surface area contributed by atoms with Crippen LogP contribution >= 0.6 is 0 Å². The van der Waals surface area contributed by atoms with Gasteiger partial charge in [-0.2, -0.15) is 0 Å². The van der Waals surface area contributed by atoms with E-state index in [1.165, 1.54) is 0 Å². The number of methoxy groups -OCH3 is 1. The zero-order chi connectivity index (χ0) is 13.9. The van der Waals surface area contributed by atoms with Gasteiger partial charge in [0.2, 0.25) is 5.88 Å². The zero-order valence-corrected chi connectivity index (χ0v) is 8.96. The second-order valence-electron chi connectivity index (χ2n) is 3.04. The minimum Gasteiger partial charge on any atom is -0.481 e. The normalized spacial score (nSPS) is 11.8. The van der Waals surface area contributed by atoms with Gasteiger partial charge in [0, 0.05) is 6.07 Å². The molecule has 0 fully saturated rings. The summed E-state index contributed by atoms with van der Waals surface area (Å²) in [6.07, 6.45) is -8.39. The largest absolute Gasteiger partial charge is 0.573 e. The highest BCUT2D eigenvalue weighted by molar-refractivity contribution is 5.41. The first-order chi connectivity index (χ1) is 8.28. The molecule has 0 aliphatic carbocycles. The fourth-order valence-electron chi connectivity index (χ4n) is 1.19. The highest BCUT2D eigenvalue weighted by Crippen LogP contribution is 2.37. The molecule has 0 saturated heterocycles. The summed E-state index contributed by atoms with van der Waals surface area (Å²) in [5.74, 6) is -1.55. The summed E-state index contributed by atoms with van der Waals surface area (Å²) in [5, 5.41) is 8.83. The van der Waals surface area contributed by atoms with Crippen LogP contribution in [0.15, 0.2) is 6.07 Å². The second kappa shape index (κ2) is 5.34. The first-order valence-electron chi connectivity index (χ1n) is 4.51. The number of rotatable bonds is 4. The molecule has 9 heteroatoms. The maximum absolute atomic E-state index is 12.6. The number of nitrogens with zero attached hydrogens (tertiary/aromatic N) is 1. The second-order valence-corrected chi connectivity index (χ2v) is 3.04. The quantitative estimate of drug-likeness (QED) is 0.856. The van der Waals surface area contributed by atoms with Gasteiger partial charge in [-0.05, 0) is 0 Å². The van der Waals surface area contributed by atoms with Gasteiger partial charge in [-0.15, -0.1) is 13.2 Å². The molecule has 0 aliphatic rings. The van der Waals surface area contributed by atoms with E-state index in [9.17, 15) is 22.0 Å². The maximum atomic E-state index is 12.6. The summed E-state index contributed by atoms with van der Waals surface area (Å²) < 4.78 is 69.5. The molecular weight excluding hydrogens is 265 g/mol. The molecule has 1 rings (SSSR count). The molecule has 0 aromatic carbocycles. The van der Waals surface area contributed by atoms with Crippen molar-refractivity contribution < 1.29 is 36.5 Å². The van der Waals surface area contributed by atoms with E-state index in [-0.39, 0.29) is 5.88 Å². The van der Waals surface area contributed by atoms with Crippen LogP contribution < -0.4 is 9.47 Å². The summed E-state index contributed by atoms with van der Waals surface area (Å²) in [4.78, 5) is 3.41. The Balaban J connectivity index is 3.35. The number of pyridine rings is 1. The van der Waals surface area contributed by atoms with Gasteiger partial charge in [0.1, 0.15) is 5.69 Å². The Hall–Kier alpha value is -1.64. The summed E-state index contributed by atoms with van der Waals surface area (Å²) >= 11 is 0. The van der Waals surface area contributed by atoms with Gasteiger partial charge in [0.05, 0.1) is 19.3 Å². The van der Waals surface area contributed by atoms with Gasteiger partial charge >= 0.3 is 6.36 Å². The van der Waals surface area contributed by atoms with E-state index in [0.29, 0.717) is 6.07 Å². The number of aromatic nitrogens is 1. The van der Waals surface area contributed by atoms with E-state index in [0.717, 1.165) is 7.11 Å². The third kappa shape index (κ3) is 3.42. The fourth-order valence-corrected chi connectivity index (χ4v) is 1.19. The van der Waals surface area contributed by atoms with Crippen molar-refractivity contribution in [2.24, 2.45) is 0 Å². The molecule has 102 valence electrons.